The standard InChI is InChI=1S/C17H25NO/c1-12-9-10-15(14(12)3)11-13(2)17(19)18-16-7-5-4-6-8-16/h4-8,12-15H,9-11H2,1-3H3,(H,18,19)/t12-,13+,14-,15-/m1/s1. The summed E-state index contributed by atoms with van der Waals surface area (Å²) >= 11 is 0. The third-order valence-corrected chi connectivity index (χ3v) is 4.78. The third-order valence-electron chi connectivity index (χ3n) is 4.78. The lowest BCUT2D eigenvalue weighted by atomic mass is 9.85. The van der Waals surface area contributed by atoms with Gasteiger partial charge in [0.2, 0.25) is 5.91 Å². The molecule has 4 atom stereocenters. The highest BCUT2D eigenvalue weighted by molar-refractivity contribution is 5.92. The average molecular weight is 259 g/mol. The molecule has 1 aliphatic carbocycles. The number of hydrogen-bond donors (Lipinski definition) is 1. The molecule has 1 amide bonds. The van der Waals surface area contributed by atoms with E-state index in [2.05, 4.69) is 19.2 Å². The molecule has 1 aromatic rings. The summed E-state index contributed by atoms with van der Waals surface area (Å²) in [5.74, 6) is 2.53. The van der Waals surface area contributed by atoms with E-state index in [4.69, 9.17) is 0 Å². The van der Waals surface area contributed by atoms with E-state index in [9.17, 15) is 4.79 Å². The van der Waals surface area contributed by atoms with Crippen LogP contribution in [0.5, 0.6) is 0 Å². The Kier molecular flexibility index (Phi) is 4.62. The third kappa shape index (κ3) is 3.59. The zero-order valence-corrected chi connectivity index (χ0v) is 12.2. The van der Waals surface area contributed by atoms with Crippen molar-refractivity contribution in [2.75, 3.05) is 5.32 Å². The van der Waals surface area contributed by atoms with Gasteiger partial charge in [0, 0.05) is 11.6 Å². The van der Waals surface area contributed by atoms with E-state index in [1.807, 2.05) is 37.3 Å². The van der Waals surface area contributed by atoms with Gasteiger partial charge in [-0.3, -0.25) is 4.79 Å². The number of benzene rings is 1. The van der Waals surface area contributed by atoms with E-state index >= 15 is 0 Å². The Morgan fingerprint density at radius 3 is 2.53 bits per heavy atom. The largest absolute Gasteiger partial charge is 0.326 e. The zero-order valence-electron chi connectivity index (χ0n) is 12.2. The van der Waals surface area contributed by atoms with Crippen molar-refractivity contribution < 1.29 is 4.79 Å². The molecule has 2 nitrogen and oxygen atoms in total. The molecule has 0 aromatic heterocycles. The molecule has 2 heteroatoms. The molecule has 1 aliphatic rings. The number of para-hydroxylation sites is 1. The molecule has 0 radical (unpaired) electrons. The Morgan fingerprint density at radius 1 is 1.26 bits per heavy atom. The van der Waals surface area contributed by atoms with Gasteiger partial charge in [-0.15, -0.1) is 0 Å². The van der Waals surface area contributed by atoms with Crippen molar-refractivity contribution in [1.82, 2.24) is 0 Å². The maximum atomic E-state index is 12.2. The van der Waals surface area contributed by atoms with Crippen molar-refractivity contribution in [3.05, 3.63) is 30.3 Å². The maximum Gasteiger partial charge on any atom is 0.227 e. The van der Waals surface area contributed by atoms with Crippen molar-refractivity contribution in [2.45, 2.75) is 40.0 Å². The van der Waals surface area contributed by atoms with Crippen LogP contribution in [-0.4, -0.2) is 5.91 Å². The van der Waals surface area contributed by atoms with E-state index in [-0.39, 0.29) is 11.8 Å². The second-order valence-corrected chi connectivity index (χ2v) is 6.17. The predicted molar refractivity (Wildman–Crippen MR) is 79.9 cm³/mol. The zero-order chi connectivity index (χ0) is 13.8. The molecule has 19 heavy (non-hydrogen) atoms. The Labute approximate surface area is 116 Å². The van der Waals surface area contributed by atoms with Gasteiger partial charge in [0.25, 0.3) is 0 Å². The van der Waals surface area contributed by atoms with Gasteiger partial charge in [0.05, 0.1) is 0 Å². The molecular weight excluding hydrogens is 234 g/mol. The fourth-order valence-electron chi connectivity index (χ4n) is 3.15. The molecule has 2 rings (SSSR count). The maximum absolute atomic E-state index is 12.2. The number of nitrogens with one attached hydrogen (secondary N) is 1. The molecule has 0 heterocycles. The Morgan fingerprint density at radius 2 is 1.95 bits per heavy atom. The Bertz CT molecular complexity index is 415. The van der Waals surface area contributed by atoms with Gasteiger partial charge in [-0.05, 0) is 42.7 Å². The predicted octanol–water partition coefficient (Wildman–Crippen LogP) is 4.33. The van der Waals surface area contributed by atoms with E-state index < -0.39 is 0 Å². The van der Waals surface area contributed by atoms with Crippen LogP contribution in [0.2, 0.25) is 0 Å². The smallest absolute Gasteiger partial charge is 0.227 e. The fourth-order valence-corrected chi connectivity index (χ4v) is 3.15. The number of carbonyl (C=O) groups is 1. The highest BCUT2D eigenvalue weighted by Crippen LogP contribution is 2.39. The summed E-state index contributed by atoms with van der Waals surface area (Å²) in [6, 6.07) is 9.72. The number of anilines is 1. The minimum absolute atomic E-state index is 0.0953. The van der Waals surface area contributed by atoms with E-state index in [1.54, 1.807) is 0 Å². The quantitative estimate of drug-likeness (QED) is 0.856. The van der Waals surface area contributed by atoms with Crippen LogP contribution in [-0.2, 0) is 4.79 Å². The van der Waals surface area contributed by atoms with Gasteiger partial charge < -0.3 is 5.32 Å². The summed E-state index contributed by atoms with van der Waals surface area (Å²) in [6.45, 7) is 6.72. The van der Waals surface area contributed by atoms with Gasteiger partial charge >= 0.3 is 0 Å². The SMILES string of the molecule is C[C@H]1[C@@H](C[C@H](C)C(=O)Nc2ccccc2)CC[C@H]1C. The second-order valence-electron chi connectivity index (χ2n) is 6.17. The number of carbonyl (C=O) groups excluding carboxylic acids is 1. The lowest BCUT2D eigenvalue weighted by molar-refractivity contribution is -0.120. The number of amides is 1. The number of rotatable bonds is 4. The molecule has 1 aromatic carbocycles. The molecule has 1 saturated carbocycles. The van der Waals surface area contributed by atoms with E-state index in [0.29, 0.717) is 5.92 Å². The van der Waals surface area contributed by atoms with E-state index in [0.717, 1.165) is 23.9 Å². The Balaban J connectivity index is 1.86. The first kappa shape index (κ1) is 14.1. The van der Waals surface area contributed by atoms with Crippen molar-refractivity contribution in [2.24, 2.45) is 23.7 Å². The first-order valence-electron chi connectivity index (χ1n) is 7.44. The van der Waals surface area contributed by atoms with Crippen molar-refractivity contribution in [3.63, 3.8) is 0 Å². The minimum atomic E-state index is 0.0953. The van der Waals surface area contributed by atoms with Crippen LogP contribution in [0.25, 0.3) is 0 Å². The summed E-state index contributed by atoms with van der Waals surface area (Å²) in [5, 5.41) is 3.00. The summed E-state index contributed by atoms with van der Waals surface area (Å²) < 4.78 is 0. The first-order valence-corrected chi connectivity index (χ1v) is 7.44. The van der Waals surface area contributed by atoms with Crippen LogP contribution in [0, 0.1) is 23.7 Å². The topological polar surface area (TPSA) is 29.1 Å². The first-order chi connectivity index (χ1) is 9.08. The van der Waals surface area contributed by atoms with Crippen LogP contribution in [0.15, 0.2) is 30.3 Å². The monoisotopic (exact) mass is 259 g/mol. The summed E-state index contributed by atoms with van der Waals surface area (Å²) in [6.07, 6.45) is 3.62. The molecular formula is C17H25NO. The van der Waals surface area contributed by atoms with E-state index in [1.165, 1.54) is 12.8 Å². The normalized spacial score (nSPS) is 28.1. The average Bonchev–Trinajstić information content (AvgIpc) is 2.72. The highest BCUT2D eigenvalue weighted by atomic mass is 16.1. The molecule has 0 bridgehead atoms. The Hall–Kier alpha value is -1.31. The van der Waals surface area contributed by atoms with Gasteiger partial charge in [-0.1, -0.05) is 45.4 Å². The van der Waals surface area contributed by atoms with Crippen molar-refractivity contribution in [1.29, 1.82) is 0 Å². The summed E-state index contributed by atoms with van der Waals surface area (Å²) in [7, 11) is 0. The van der Waals surface area contributed by atoms with Gasteiger partial charge in [-0.25, -0.2) is 0 Å². The molecule has 1 N–H and O–H groups in total. The lowest BCUT2D eigenvalue weighted by Gasteiger charge is -2.21. The molecule has 1 fully saturated rings. The molecule has 0 saturated heterocycles. The van der Waals surface area contributed by atoms with Crippen LogP contribution < -0.4 is 5.32 Å². The minimum Gasteiger partial charge on any atom is -0.326 e. The lowest BCUT2D eigenvalue weighted by Crippen LogP contribution is -2.24. The fraction of sp³-hybridized carbons (Fsp3) is 0.588. The van der Waals surface area contributed by atoms with Crippen LogP contribution >= 0.6 is 0 Å². The van der Waals surface area contributed by atoms with Crippen molar-refractivity contribution >= 4 is 11.6 Å². The number of hydrogen-bond acceptors (Lipinski definition) is 1. The van der Waals surface area contributed by atoms with Crippen molar-refractivity contribution in [3.8, 4) is 0 Å². The molecule has 0 aliphatic heterocycles. The summed E-state index contributed by atoms with van der Waals surface area (Å²) in [4.78, 5) is 12.2. The second kappa shape index (κ2) is 6.23. The molecule has 0 unspecified atom stereocenters. The highest BCUT2D eigenvalue weighted by Gasteiger charge is 2.31. The summed E-state index contributed by atoms with van der Waals surface area (Å²) in [5.41, 5.74) is 0.896. The van der Waals surface area contributed by atoms with Gasteiger partial charge in [-0.2, -0.15) is 0 Å². The van der Waals surface area contributed by atoms with Gasteiger partial charge in [0.1, 0.15) is 0 Å². The van der Waals surface area contributed by atoms with Crippen LogP contribution in [0.4, 0.5) is 5.69 Å². The molecule has 104 valence electrons. The van der Waals surface area contributed by atoms with Gasteiger partial charge in [0.15, 0.2) is 0 Å². The van der Waals surface area contributed by atoms with Crippen LogP contribution in [0.3, 0.4) is 0 Å². The van der Waals surface area contributed by atoms with Crippen LogP contribution in [0.1, 0.15) is 40.0 Å². The molecule has 0 spiro atoms.